The fourth-order valence-corrected chi connectivity index (χ4v) is 2.74. The Balaban J connectivity index is 2.30. The Morgan fingerprint density at radius 2 is 2.09 bits per heavy atom. The highest BCUT2D eigenvalue weighted by Crippen LogP contribution is 2.20. The lowest BCUT2D eigenvalue weighted by atomic mass is 10.1. The molecule has 1 aromatic heterocycles. The lowest BCUT2D eigenvalue weighted by Gasteiger charge is -2.11. The van der Waals surface area contributed by atoms with Gasteiger partial charge in [-0.15, -0.1) is 0 Å². The molecular weight excluding hydrogens is 319 g/mol. The zero-order valence-corrected chi connectivity index (χ0v) is 14.1. The maximum absolute atomic E-state index is 14.0. The molecule has 0 saturated heterocycles. The average Bonchev–Trinajstić information content (AvgIpc) is 2.47. The van der Waals surface area contributed by atoms with Gasteiger partial charge in [0.15, 0.2) is 0 Å². The zero-order valence-electron chi connectivity index (χ0n) is 13.2. The summed E-state index contributed by atoms with van der Waals surface area (Å²) < 4.78 is 25.3. The molecule has 0 fully saturated rings. The van der Waals surface area contributed by atoms with E-state index in [1.807, 2.05) is 6.92 Å². The highest BCUT2D eigenvalue weighted by Gasteiger charge is 2.15. The van der Waals surface area contributed by atoms with Crippen molar-refractivity contribution in [1.82, 2.24) is 10.3 Å². The molecule has 7 heteroatoms. The summed E-state index contributed by atoms with van der Waals surface area (Å²) in [5.41, 5.74) is 0.285. The molecule has 1 aromatic carbocycles. The lowest BCUT2D eigenvalue weighted by molar-refractivity contribution is 0.0954. The second-order valence-electron chi connectivity index (χ2n) is 5.57. The number of hydrogen-bond donors (Lipinski definition) is 2. The van der Waals surface area contributed by atoms with Crippen LogP contribution in [0.25, 0.3) is 10.9 Å². The van der Waals surface area contributed by atoms with Gasteiger partial charge in [-0.3, -0.25) is 13.8 Å². The van der Waals surface area contributed by atoms with Gasteiger partial charge in [-0.2, -0.15) is 0 Å². The van der Waals surface area contributed by atoms with Crippen LogP contribution >= 0.6 is 0 Å². The normalized spacial score (nSPS) is 13.7. The van der Waals surface area contributed by atoms with Crippen LogP contribution in [-0.2, 0) is 10.8 Å². The van der Waals surface area contributed by atoms with Crippen molar-refractivity contribution in [3.8, 4) is 0 Å². The minimum Gasteiger partial charge on any atom is -0.352 e. The van der Waals surface area contributed by atoms with Gasteiger partial charge in [0, 0.05) is 40.3 Å². The number of amides is 1. The van der Waals surface area contributed by atoms with E-state index in [-0.39, 0.29) is 16.3 Å². The van der Waals surface area contributed by atoms with E-state index in [1.165, 1.54) is 6.07 Å². The van der Waals surface area contributed by atoms with Gasteiger partial charge >= 0.3 is 0 Å². The molecule has 1 amide bonds. The third-order valence-electron chi connectivity index (χ3n) is 3.70. The molecule has 0 aliphatic heterocycles. The molecule has 0 aliphatic carbocycles. The van der Waals surface area contributed by atoms with Gasteiger partial charge < -0.3 is 10.3 Å². The number of carbonyl (C=O) groups is 1. The number of carbonyl (C=O) groups excluding carboxylic acids is 1. The number of halogens is 1. The first kappa shape index (κ1) is 17.3. The van der Waals surface area contributed by atoms with Gasteiger partial charge in [0.25, 0.3) is 5.91 Å². The third kappa shape index (κ3) is 4.04. The quantitative estimate of drug-likeness (QED) is 0.873. The Hall–Kier alpha value is -2.02. The van der Waals surface area contributed by atoms with Crippen LogP contribution in [-0.4, -0.2) is 33.2 Å². The van der Waals surface area contributed by atoms with Crippen LogP contribution in [0.4, 0.5) is 4.39 Å². The minimum atomic E-state index is -0.958. The number of fused-ring (bicyclic) bond motifs is 1. The van der Waals surface area contributed by atoms with E-state index in [0.717, 1.165) is 6.07 Å². The van der Waals surface area contributed by atoms with Crippen molar-refractivity contribution in [1.29, 1.82) is 0 Å². The van der Waals surface area contributed by atoms with Crippen LogP contribution in [0.15, 0.2) is 23.0 Å². The first-order chi connectivity index (χ1) is 10.8. The number of aryl methyl sites for hydroxylation is 1. The molecule has 2 unspecified atom stereocenters. The summed E-state index contributed by atoms with van der Waals surface area (Å²) in [6.07, 6.45) is 2.17. The van der Waals surface area contributed by atoms with Crippen LogP contribution in [0.3, 0.4) is 0 Å². The van der Waals surface area contributed by atoms with E-state index in [0.29, 0.717) is 23.9 Å². The van der Waals surface area contributed by atoms with Crippen LogP contribution in [0, 0.1) is 12.7 Å². The van der Waals surface area contributed by atoms with Crippen molar-refractivity contribution in [2.45, 2.75) is 25.5 Å². The molecule has 0 aliphatic rings. The molecule has 124 valence electrons. The van der Waals surface area contributed by atoms with Crippen molar-refractivity contribution in [3.63, 3.8) is 0 Å². The van der Waals surface area contributed by atoms with E-state index in [1.54, 1.807) is 19.2 Å². The van der Waals surface area contributed by atoms with Gasteiger partial charge in [0.2, 0.25) is 5.56 Å². The van der Waals surface area contributed by atoms with Gasteiger partial charge in [-0.05, 0) is 31.0 Å². The molecule has 5 nitrogen and oxygen atoms in total. The van der Waals surface area contributed by atoms with Gasteiger partial charge in [0.05, 0.1) is 11.1 Å². The predicted octanol–water partition coefficient (Wildman–Crippen LogP) is 1.86. The summed E-state index contributed by atoms with van der Waals surface area (Å²) in [6, 6.07) is 4.13. The van der Waals surface area contributed by atoms with E-state index in [4.69, 9.17) is 0 Å². The second-order valence-corrected chi connectivity index (χ2v) is 7.37. The highest BCUT2D eigenvalue weighted by molar-refractivity contribution is 7.84. The Labute approximate surface area is 135 Å². The maximum atomic E-state index is 14.0. The summed E-state index contributed by atoms with van der Waals surface area (Å²) >= 11 is 0. The molecule has 0 radical (unpaired) electrons. The number of aromatic amines is 1. The lowest BCUT2D eigenvalue weighted by Crippen LogP contribution is -2.28. The fourth-order valence-electron chi connectivity index (χ4n) is 2.29. The maximum Gasteiger partial charge on any atom is 0.252 e. The number of rotatable bonds is 5. The van der Waals surface area contributed by atoms with Gasteiger partial charge in [-0.1, -0.05) is 6.92 Å². The van der Waals surface area contributed by atoms with E-state index in [9.17, 15) is 18.2 Å². The summed E-state index contributed by atoms with van der Waals surface area (Å²) in [5.74, 6) is -1.01. The van der Waals surface area contributed by atoms with Gasteiger partial charge in [0.1, 0.15) is 5.82 Å². The molecule has 2 aromatic rings. The average molecular weight is 338 g/mol. The highest BCUT2D eigenvalue weighted by atomic mass is 32.2. The number of benzene rings is 1. The van der Waals surface area contributed by atoms with Crippen LogP contribution in [0.1, 0.15) is 29.3 Å². The van der Waals surface area contributed by atoms with Crippen molar-refractivity contribution in [2.75, 3.05) is 12.8 Å². The molecule has 1 heterocycles. The number of hydrogen-bond acceptors (Lipinski definition) is 3. The molecule has 23 heavy (non-hydrogen) atoms. The van der Waals surface area contributed by atoms with Crippen molar-refractivity contribution >= 4 is 27.6 Å². The van der Waals surface area contributed by atoms with Crippen molar-refractivity contribution < 1.29 is 13.4 Å². The Bertz CT molecular complexity index is 832. The van der Waals surface area contributed by atoms with Crippen LogP contribution in [0.2, 0.25) is 0 Å². The van der Waals surface area contributed by atoms with Crippen molar-refractivity contribution in [2.24, 2.45) is 0 Å². The largest absolute Gasteiger partial charge is 0.352 e. The number of H-pyrrole nitrogens is 1. The topological polar surface area (TPSA) is 79.0 Å². The SMILES string of the molecule is Cc1cc(F)c2[nH]c(=O)cc(C(=O)NCCC(C)S(C)=O)c2c1. The standard InChI is InChI=1S/C16H19FN2O3S/c1-9-6-11-12(8-14(20)19-15(11)13(17)7-9)16(21)18-5-4-10(2)23(3)22/h6-8,10H,4-5H2,1-3H3,(H,18,21)(H,19,20). The molecule has 2 rings (SSSR count). The zero-order chi connectivity index (χ0) is 17.1. The van der Waals surface area contributed by atoms with E-state index in [2.05, 4.69) is 10.3 Å². The molecule has 0 bridgehead atoms. The van der Waals surface area contributed by atoms with Gasteiger partial charge in [-0.25, -0.2) is 4.39 Å². The van der Waals surface area contributed by atoms with Crippen LogP contribution in [0.5, 0.6) is 0 Å². The molecular formula is C16H19FN2O3S. The number of aromatic nitrogens is 1. The Morgan fingerprint density at radius 1 is 1.39 bits per heavy atom. The Kier molecular flexibility index (Phi) is 5.30. The monoisotopic (exact) mass is 338 g/mol. The van der Waals surface area contributed by atoms with E-state index < -0.39 is 28.1 Å². The van der Waals surface area contributed by atoms with Crippen molar-refractivity contribution in [3.05, 3.63) is 45.5 Å². The summed E-state index contributed by atoms with van der Waals surface area (Å²) in [4.78, 5) is 26.4. The Morgan fingerprint density at radius 3 is 2.74 bits per heavy atom. The first-order valence-electron chi connectivity index (χ1n) is 7.23. The first-order valence-corrected chi connectivity index (χ1v) is 8.85. The predicted molar refractivity (Wildman–Crippen MR) is 89.7 cm³/mol. The molecule has 2 atom stereocenters. The number of nitrogens with one attached hydrogen (secondary N) is 2. The minimum absolute atomic E-state index is 0.0243. The fraction of sp³-hybridized carbons (Fsp3) is 0.375. The summed E-state index contributed by atoms with van der Waals surface area (Å²) in [7, 11) is -0.958. The third-order valence-corrected chi connectivity index (χ3v) is 5.07. The summed E-state index contributed by atoms with van der Waals surface area (Å²) in [5, 5.41) is 3.03. The molecule has 0 saturated carbocycles. The van der Waals surface area contributed by atoms with Crippen LogP contribution < -0.4 is 10.9 Å². The summed E-state index contributed by atoms with van der Waals surface area (Å²) in [6.45, 7) is 3.89. The van der Waals surface area contributed by atoms with E-state index >= 15 is 0 Å². The number of pyridine rings is 1. The molecule has 0 spiro atoms. The smallest absolute Gasteiger partial charge is 0.252 e. The second kappa shape index (κ2) is 7.04. The molecule has 2 N–H and O–H groups in total.